The normalized spacial score (nSPS) is 15.0. The molecule has 0 aromatic heterocycles. The largest absolute Gasteiger partial charge is 0.339 e. The molecule has 2 amide bonds. The maximum atomic E-state index is 13.6. The number of anilines is 1. The number of fused-ring (bicyclic) bond motifs is 2. The zero-order valence-corrected chi connectivity index (χ0v) is 19.4. The quantitative estimate of drug-likeness (QED) is 0.522. The summed E-state index contributed by atoms with van der Waals surface area (Å²) in [7, 11) is -1.56. The summed E-state index contributed by atoms with van der Waals surface area (Å²) < 4.78 is 13.5. The number of nitrogens with zero attached hydrogens (tertiary/aromatic N) is 2. The van der Waals surface area contributed by atoms with Gasteiger partial charge in [-0.2, -0.15) is 0 Å². The molecule has 1 atom stereocenters. The van der Waals surface area contributed by atoms with Crippen LogP contribution in [0, 0.1) is 0 Å². The Morgan fingerprint density at radius 3 is 2.44 bits per heavy atom. The molecule has 0 aliphatic carbocycles. The van der Waals surface area contributed by atoms with E-state index in [1.54, 1.807) is 64.4 Å². The van der Waals surface area contributed by atoms with Crippen molar-refractivity contribution < 1.29 is 13.8 Å². The van der Waals surface area contributed by atoms with E-state index in [2.05, 4.69) is 0 Å². The first kappa shape index (κ1) is 22.2. The average Bonchev–Trinajstić information content (AvgIpc) is 2.89. The summed E-state index contributed by atoms with van der Waals surface area (Å²) in [6, 6.07) is 19.3. The van der Waals surface area contributed by atoms with Crippen LogP contribution in [0.4, 0.5) is 5.69 Å². The van der Waals surface area contributed by atoms with Gasteiger partial charge in [0.05, 0.1) is 38.4 Å². The highest BCUT2D eigenvalue weighted by Gasteiger charge is 2.31. The number of halogens is 1. The van der Waals surface area contributed by atoms with Crippen LogP contribution in [0.1, 0.15) is 40.1 Å². The van der Waals surface area contributed by atoms with Gasteiger partial charge in [-0.15, -0.1) is 0 Å². The first-order valence-electron chi connectivity index (χ1n) is 10.4. The minimum Gasteiger partial charge on any atom is -0.339 e. The SMILES string of the molecule is CCN(CC)C(=O)c1ccc2c(c1)N(Cc1cccc(Cl)c1)C(=O)c1ccccc1[S@]2=O. The van der Waals surface area contributed by atoms with Crippen molar-refractivity contribution in [2.24, 2.45) is 0 Å². The van der Waals surface area contributed by atoms with Crippen LogP contribution in [0.15, 0.2) is 76.5 Å². The molecule has 1 aliphatic heterocycles. The molecule has 0 bridgehead atoms. The van der Waals surface area contributed by atoms with Gasteiger partial charge in [0.1, 0.15) is 0 Å². The number of hydrogen-bond acceptors (Lipinski definition) is 3. The van der Waals surface area contributed by atoms with Crippen molar-refractivity contribution in [2.45, 2.75) is 30.2 Å². The molecule has 0 spiro atoms. The Morgan fingerprint density at radius 1 is 0.969 bits per heavy atom. The van der Waals surface area contributed by atoms with Crippen molar-refractivity contribution in [3.05, 3.63) is 88.4 Å². The predicted octanol–water partition coefficient (Wildman–Crippen LogP) is 5.15. The molecular formula is C25H23ClN2O3S. The van der Waals surface area contributed by atoms with E-state index in [1.807, 2.05) is 26.0 Å². The third-order valence-electron chi connectivity index (χ3n) is 5.54. The summed E-state index contributed by atoms with van der Waals surface area (Å²) in [5.41, 5.74) is 2.16. The lowest BCUT2D eigenvalue weighted by molar-refractivity contribution is 0.0772. The molecule has 4 rings (SSSR count). The van der Waals surface area contributed by atoms with Crippen LogP contribution in [0.5, 0.6) is 0 Å². The molecule has 32 heavy (non-hydrogen) atoms. The third kappa shape index (κ3) is 4.08. The second-order valence-corrected chi connectivity index (χ2v) is 9.30. The number of rotatable bonds is 5. The number of carbonyl (C=O) groups excluding carboxylic acids is 2. The maximum Gasteiger partial charge on any atom is 0.259 e. The van der Waals surface area contributed by atoms with E-state index in [4.69, 9.17) is 11.6 Å². The van der Waals surface area contributed by atoms with Crippen LogP contribution in [0.2, 0.25) is 5.02 Å². The van der Waals surface area contributed by atoms with E-state index in [0.717, 1.165) is 5.56 Å². The van der Waals surface area contributed by atoms with Crippen molar-refractivity contribution >= 4 is 39.9 Å². The van der Waals surface area contributed by atoms with Gasteiger partial charge in [-0.05, 0) is 61.9 Å². The summed E-state index contributed by atoms with van der Waals surface area (Å²) in [6.07, 6.45) is 0. The smallest absolute Gasteiger partial charge is 0.259 e. The topological polar surface area (TPSA) is 57.7 Å². The molecule has 3 aromatic carbocycles. The highest BCUT2D eigenvalue weighted by molar-refractivity contribution is 7.85. The Kier molecular flexibility index (Phi) is 6.44. The van der Waals surface area contributed by atoms with Crippen molar-refractivity contribution in [3.8, 4) is 0 Å². The molecule has 0 saturated carbocycles. The molecule has 0 radical (unpaired) electrons. The molecule has 1 heterocycles. The van der Waals surface area contributed by atoms with E-state index in [1.165, 1.54) is 0 Å². The molecule has 7 heteroatoms. The Morgan fingerprint density at radius 2 is 1.72 bits per heavy atom. The molecule has 0 saturated heterocycles. The van der Waals surface area contributed by atoms with Crippen LogP contribution < -0.4 is 4.90 Å². The molecular weight excluding hydrogens is 444 g/mol. The summed E-state index contributed by atoms with van der Waals surface area (Å²) in [4.78, 5) is 30.9. The summed E-state index contributed by atoms with van der Waals surface area (Å²) >= 11 is 6.17. The molecule has 3 aromatic rings. The maximum absolute atomic E-state index is 13.6. The second kappa shape index (κ2) is 9.27. The van der Waals surface area contributed by atoms with Gasteiger partial charge >= 0.3 is 0 Å². The molecule has 0 N–H and O–H groups in total. The molecule has 5 nitrogen and oxygen atoms in total. The van der Waals surface area contributed by atoms with Crippen molar-refractivity contribution in [1.82, 2.24) is 4.90 Å². The van der Waals surface area contributed by atoms with Gasteiger partial charge in [0, 0.05) is 23.7 Å². The lowest BCUT2D eigenvalue weighted by atomic mass is 10.1. The lowest BCUT2D eigenvalue weighted by Crippen LogP contribution is -2.32. The first-order valence-corrected chi connectivity index (χ1v) is 12.0. The Hall–Kier alpha value is -2.96. The Balaban J connectivity index is 1.89. The van der Waals surface area contributed by atoms with E-state index in [-0.39, 0.29) is 18.4 Å². The minimum absolute atomic E-state index is 0.125. The Labute approximate surface area is 195 Å². The first-order chi connectivity index (χ1) is 15.4. The summed E-state index contributed by atoms with van der Waals surface area (Å²) in [5, 5.41) is 0.569. The van der Waals surface area contributed by atoms with Crippen LogP contribution in [0.25, 0.3) is 0 Å². The standard InChI is InChI=1S/C25H23ClN2O3S/c1-3-27(4-2)24(29)18-12-13-23-21(15-18)28(16-17-8-7-9-19(26)14-17)25(30)20-10-5-6-11-22(20)32(23)31/h5-15H,3-4,16H2,1-2H3/t32-/m1/s1. The third-order valence-corrected chi connectivity index (χ3v) is 7.27. The zero-order valence-electron chi connectivity index (χ0n) is 17.9. The minimum atomic E-state index is -1.56. The lowest BCUT2D eigenvalue weighted by Gasteiger charge is -2.25. The van der Waals surface area contributed by atoms with Crippen LogP contribution >= 0.6 is 11.6 Å². The fraction of sp³-hybridized carbons (Fsp3) is 0.200. The van der Waals surface area contributed by atoms with Crippen LogP contribution in [-0.4, -0.2) is 34.0 Å². The average molecular weight is 467 g/mol. The second-order valence-electron chi connectivity index (χ2n) is 7.45. The van der Waals surface area contributed by atoms with Gasteiger partial charge in [0.2, 0.25) is 0 Å². The van der Waals surface area contributed by atoms with Crippen LogP contribution in [0.3, 0.4) is 0 Å². The van der Waals surface area contributed by atoms with E-state index in [0.29, 0.717) is 44.7 Å². The fourth-order valence-electron chi connectivity index (χ4n) is 3.86. The molecule has 0 fully saturated rings. The highest BCUT2D eigenvalue weighted by Crippen LogP contribution is 2.36. The molecule has 164 valence electrons. The zero-order chi connectivity index (χ0) is 22.8. The summed E-state index contributed by atoms with van der Waals surface area (Å²) in [6.45, 7) is 5.24. The predicted molar refractivity (Wildman–Crippen MR) is 127 cm³/mol. The van der Waals surface area contributed by atoms with E-state index < -0.39 is 10.8 Å². The monoisotopic (exact) mass is 466 g/mol. The number of hydrogen-bond donors (Lipinski definition) is 0. The van der Waals surface area contributed by atoms with E-state index in [9.17, 15) is 13.8 Å². The van der Waals surface area contributed by atoms with Gasteiger partial charge in [-0.25, -0.2) is 4.21 Å². The summed E-state index contributed by atoms with van der Waals surface area (Å²) in [5.74, 6) is -0.388. The number of carbonyl (C=O) groups is 2. The van der Waals surface area contributed by atoms with Gasteiger partial charge in [0.25, 0.3) is 11.8 Å². The Bertz CT molecular complexity index is 1220. The van der Waals surface area contributed by atoms with Crippen LogP contribution in [-0.2, 0) is 17.3 Å². The van der Waals surface area contributed by atoms with Gasteiger partial charge < -0.3 is 9.80 Å². The van der Waals surface area contributed by atoms with Crippen molar-refractivity contribution in [2.75, 3.05) is 18.0 Å². The van der Waals surface area contributed by atoms with E-state index >= 15 is 0 Å². The van der Waals surface area contributed by atoms with Crippen molar-refractivity contribution in [1.29, 1.82) is 0 Å². The molecule has 0 unspecified atom stereocenters. The van der Waals surface area contributed by atoms with Gasteiger partial charge in [-0.1, -0.05) is 35.9 Å². The van der Waals surface area contributed by atoms with Gasteiger partial charge in [-0.3, -0.25) is 9.59 Å². The molecule has 1 aliphatic rings. The highest BCUT2D eigenvalue weighted by atomic mass is 35.5. The number of amides is 2. The number of benzene rings is 3. The van der Waals surface area contributed by atoms with Crippen molar-refractivity contribution in [3.63, 3.8) is 0 Å². The fourth-order valence-corrected chi connectivity index (χ4v) is 5.42. The van der Waals surface area contributed by atoms with Gasteiger partial charge in [0.15, 0.2) is 0 Å².